The molecule has 0 bridgehead atoms. The highest BCUT2D eigenvalue weighted by Gasteiger charge is 2.38. The number of carbonyl (C=O) groups excluding carboxylic acids is 1. The molecule has 0 radical (unpaired) electrons. The molecule has 7 heteroatoms. The highest BCUT2D eigenvalue weighted by atomic mass is 16.7. The van der Waals surface area contributed by atoms with Crippen molar-refractivity contribution in [1.29, 1.82) is 5.26 Å². The third-order valence-electron chi connectivity index (χ3n) is 3.02. The Balaban J connectivity index is 2.65. The van der Waals surface area contributed by atoms with Gasteiger partial charge in [-0.25, -0.2) is 4.79 Å². The first kappa shape index (κ1) is 14.4. The quantitative estimate of drug-likeness (QED) is 0.823. The van der Waals surface area contributed by atoms with Crippen LogP contribution in [0.2, 0.25) is 0 Å². The van der Waals surface area contributed by atoms with Gasteiger partial charge in [0, 0.05) is 12.4 Å². The molecule has 1 aliphatic rings. The Bertz CT molecular complexity index is 659. The SMILES string of the molecule is COC(=O)C1=C(N)OC(OC)=C(C#N)C1c1ccncc1. The number of aromatic nitrogens is 1. The molecule has 108 valence electrons. The molecule has 0 aliphatic carbocycles. The number of esters is 1. The molecule has 1 aromatic heterocycles. The maximum atomic E-state index is 12.0. The Labute approximate surface area is 121 Å². The van der Waals surface area contributed by atoms with Crippen LogP contribution >= 0.6 is 0 Å². The fourth-order valence-corrected chi connectivity index (χ4v) is 2.09. The van der Waals surface area contributed by atoms with Gasteiger partial charge in [-0.15, -0.1) is 0 Å². The average molecular weight is 287 g/mol. The number of hydrogen-bond acceptors (Lipinski definition) is 7. The normalized spacial score (nSPS) is 17.9. The summed E-state index contributed by atoms with van der Waals surface area (Å²) in [6, 6.07) is 5.35. The summed E-state index contributed by atoms with van der Waals surface area (Å²) in [5.41, 5.74) is 6.63. The van der Waals surface area contributed by atoms with Crippen LogP contribution in [0.5, 0.6) is 0 Å². The van der Waals surface area contributed by atoms with E-state index >= 15 is 0 Å². The number of pyridine rings is 1. The first-order valence-electron chi connectivity index (χ1n) is 5.98. The fraction of sp³-hybridized carbons (Fsp3) is 0.214. The minimum absolute atomic E-state index is 0.0375. The topological polar surface area (TPSA) is 107 Å². The molecule has 21 heavy (non-hydrogen) atoms. The van der Waals surface area contributed by atoms with Gasteiger partial charge in [0.1, 0.15) is 17.2 Å². The zero-order valence-corrected chi connectivity index (χ0v) is 11.5. The molecule has 1 aliphatic heterocycles. The molecule has 0 fully saturated rings. The maximum Gasteiger partial charge on any atom is 0.340 e. The second-order valence-electron chi connectivity index (χ2n) is 4.10. The van der Waals surface area contributed by atoms with Crippen molar-refractivity contribution in [3.63, 3.8) is 0 Å². The number of methoxy groups -OCH3 is 2. The summed E-state index contributed by atoms with van der Waals surface area (Å²) < 4.78 is 15.0. The molecule has 7 nitrogen and oxygen atoms in total. The van der Waals surface area contributed by atoms with Crippen LogP contribution in [0.25, 0.3) is 0 Å². The lowest BCUT2D eigenvalue weighted by molar-refractivity contribution is -0.136. The van der Waals surface area contributed by atoms with Crippen molar-refractivity contribution in [2.24, 2.45) is 5.73 Å². The Morgan fingerprint density at radius 1 is 1.43 bits per heavy atom. The van der Waals surface area contributed by atoms with E-state index in [0.29, 0.717) is 5.56 Å². The van der Waals surface area contributed by atoms with E-state index in [-0.39, 0.29) is 23.0 Å². The smallest absolute Gasteiger partial charge is 0.340 e. The number of allylic oxidation sites excluding steroid dienone is 1. The predicted molar refractivity (Wildman–Crippen MR) is 70.9 cm³/mol. The molecule has 0 saturated carbocycles. The van der Waals surface area contributed by atoms with Crippen molar-refractivity contribution >= 4 is 5.97 Å². The summed E-state index contributed by atoms with van der Waals surface area (Å²) in [5, 5.41) is 9.38. The number of ether oxygens (including phenoxy) is 3. The van der Waals surface area contributed by atoms with Crippen LogP contribution in [0.1, 0.15) is 11.5 Å². The summed E-state index contributed by atoms with van der Waals surface area (Å²) in [6.07, 6.45) is 3.11. The number of nitrogens with two attached hydrogens (primary N) is 1. The first-order chi connectivity index (χ1) is 10.1. The first-order valence-corrected chi connectivity index (χ1v) is 5.98. The molecule has 0 amide bonds. The highest BCUT2D eigenvalue weighted by molar-refractivity contribution is 5.92. The number of nitriles is 1. The van der Waals surface area contributed by atoms with Crippen LogP contribution in [0.4, 0.5) is 0 Å². The van der Waals surface area contributed by atoms with Gasteiger partial charge >= 0.3 is 11.9 Å². The number of rotatable bonds is 3. The van der Waals surface area contributed by atoms with Gasteiger partial charge in [0.15, 0.2) is 0 Å². The Hall–Kier alpha value is -3.01. The van der Waals surface area contributed by atoms with Crippen LogP contribution in [0, 0.1) is 11.3 Å². The third kappa shape index (κ3) is 2.51. The maximum absolute atomic E-state index is 12.0. The van der Waals surface area contributed by atoms with Crippen molar-refractivity contribution in [1.82, 2.24) is 4.98 Å². The number of hydrogen-bond donors (Lipinski definition) is 1. The highest BCUT2D eigenvalue weighted by Crippen LogP contribution is 2.39. The van der Waals surface area contributed by atoms with Crippen molar-refractivity contribution < 1.29 is 19.0 Å². The van der Waals surface area contributed by atoms with Crippen LogP contribution < -0.4 is 5.73 Å². The van der Waals surface area contributed by atoms with E-state index in [1.165, 1.54) is 14.2 Å². The monoisotopic (exact) mass is 287 g/mol. The molecule has 1 aromatic rings. The zero-order chi connectivity index (χ0) is 15.4. The molecule has 2 heterocycles. The van der Waals surface area contributed by atoms with E-state index in [9.17, 15) is 10.1 Å². The van der Waals surface area contributed by atoms with Gasteiger partial charge in [0.25, 0.3) is 0 Å². The standard InChI is InChI=1S/C14H13N3O4/c1-19-13(18)11-10(8-3-5-17-6-4-8)9(7-15)14(20-2)21-12(11)16/h3-6,10H,16H2,1-2H3. The fourth-order valence-electron chi connectivity index (χ4n) is 2.09. The summed E-state index contributed by atoms with van der Waals surface area (Å²) in [4.78, 5) is 15.9. The van der Waals surface area contributed by atoms with Crippen molar-refractivity contribution in [3.8, 4) is 6.07 Å². The van der Waals surface area contributed by atoms with Gasteiger partial charge in [0.05, 0.1) is 20.1 Å². The average Bonchev–Trinajstić information content (AvgIpc) is 2.53. The lowest BCUT2D eigenvalue weighted by Gasteiger charge is -2.26. The number of carbonyl (C=O) groups is 1. The van der Waals surface area contributed by atoms with Crippen LogP contribution in [-0.4, -0.2) is 25.2 Å². The minimum atomic E-state index is -0.728. The number of nitrogens with zero attached hydrogens (tertiary/aromatic N) is 2. The van der Waals surface area contributed by atoms with Gasteiger partial charge in [-0.05, 0) is 17.7 Å². The van der Waals surface area contributed by atoms with Crippen molar-refractivity contribution in [3.05, 3.63) is 53.1 Å². The molecule has 0 aromatic carbocycles. The van der Waals surface area contributed by atoms with Crippen LogP contribution in [-0.2, 0) is 19.0 Å². The van der Waals surface area contributed by atoms with E-state index in [0.717, 1.165) is 0 Å². The van der Waals surface area contributed by atoms with Crippen molar-refractivity contribution in [2.75, 3.05) is 14.2 Å². The van der Waals surface area contributed by atoms with E-state index < -0.39 is 11.9 Å². The lowest BCUT2D eigenvalue weighted by atomic mass is 9.84. The second-order valence-corrected chi connectivity index (χ2v) is 4.10. The molecular formula is C14H13N3O4. The lowest BCUT2D eigenvalue weighted by Crippen LogP contribution is -2.26. The van der Waals surface area contributed by atoms with E-state index in [4.69, 9.17) is 19.9 Å². The second kappa shape index (κ2) is 5.96. The molecule has 2 N–H and O–H groups in total. The Morgan fingerprint density at radius 3 is 2.62 bits per heavy atom. The largest absolute Gasteiger partial charge is 0.468 e. The molecule has 0 saturated heterocycles. The van der Waals surface area contributed by atoms with Gasteiger partial charge < -0.3 is 19.9 Å². The molecular weight excluding hydrogens is 274 g/mol. The Kier molecular flexibility index (Phi) is 4.09. The summed E-state index contributed by atoms with van der Waals surface area (Å²) in [7, 11) is 2.58. The van der Waals surface area contributed by atoms with Gasteiger partial charge in [-0.1, -0.05) is 0 Å². The zero-order valence-electron chi connectivity index (χ0n) is 11.5. The molecule has 1 unspecified atom stereocenters. The third-order valence-corrected chi connectivity index (χ3v) is 3.02. The molecule has 2 rings (SSSR count). The van der Waals surface area contributed by atoms with E-state index in [1.54, 1.807) is 24.5 Å². The Morgan fingerprint density at radius 2 is 2.10 bits per heavy atom. The predicted octanol–water partition coefficient (Wildman–Crippen LogP) is 0.920. The van der Waals surface area contributed by atoms with Gasteiger partial charge in [-0.3, -0.25) is 4.98 Å². The van der Waals surface area contributed by atoms with Crippen LogP contribution in [0.3, 0.4) is 0 Å². The molecule has 0 spiro atoms. The van der Waals surface area contributed by atoms with E-state index in [2.05, 4.69) is 4.98 Å². The van der Waals surface area contributed by atoms with E-state index in [1.807, 2.05) is 6.07 Å². The van der Waals surface area contributed by atoms with Crippen molar-refractivity contribution in [2.45, 2.75) is 5.92 Å². The summed E-state index contributed by atoms with van der Waals surface area (Å²) in [5.74, 6) is -1.59. The molecule has 1 atom stereocenters. The minimum Gasteiger partial charge on any atom is -0.468 e. The van der Waals surface area contributed by atoms with Crippen LogP contribution in [0.15, 0.2) is 47.5 Å². The summed E-state index contributed by atoms with van der Waals surface area (Å²) >= 11 is 0. The van der Waals surface area contributed by atoms with Gasteiger partial charge in [0.2, 0.25) is 5.88 Å². The van der Waals surface area contributed by atoms with Gasteiger partial charge in [-0.2, -0.15) is 5.26 Å². The summed E-state index contributed by atoms with van der Waals surface area (Å²) in [6.45, 7) is 0.